The van der Waals surface area contributed by atoms with Gasteiger partial charge in [0.2, 0.25) is 0 Å². The Morgan fingerprint density at radius 3 is 2.15 bits per heavy atom. The minimum absolute atomic E-state index is 0.0970. The first kappa shape index (κ1) is 13.1. The van der Waals surface area contributed by atoms with E-state index in [4.69, 9.17) is 0 Å². The van der Waals surface area contributed by atoms with Crippen LogP contribution in [0.1, 0.15) is 5.56 Å². The molecule has 0 fully saturated rings. The van der Waals surface area contributed by atoms with Crippen molar-refractivity contribution in [1.29, 1.82) is 0 Å². The molecule has 104 valence electrons. The zero-order chi connectivity index (χ0) is 15.0. The van der Waals surface area contributed by atoms with Gasteiger partial charge in [-0.05, 0) is 26.8 Å². The predicted molar refractivity (Wildman–Crippen MR) is 60.4 cm³/mol. The van der Waals surface area contributed by atoms with Gasteiger partial charge in [-0.3, -0.25) is 0 Å². The second kappa shape index (κ2) is 4.38. The number of H-pyrrole nitrogens is 1. The molecule has 13 nitrogen and oxygen atoms in total. The highest BCUT2D eigenvalue weighted by Crippen LogP contribution is 2.30. The van der Waals surface area contributed by atoms with Crippen molar-refractivity contribution < 1.29 is 14.8 Å². The van der Waals surface area contributed by atoms with Gasteiger partial charge in [-0.25, -0.2) is 0 Å². The minimum atomic E-state index is -0.957. The number of hydrogen-bond acceptors (Lipinski definition) is 8. The number of rotatable bonds is 4. The molecule has 0 aliphatic rings. The van der Waals surface area contributed by atoms with Crippen molar-refractivity contribution >= 4 is 17.5 Å². The summed E-state index contributed by atoms with van der Waals surface area (Å²) in [5, 5.41) is 40.8. The second-order valence-corrected chi connectivity index (χ2v) is 3.60. The van der Waals surface area contributed by atoms with E-state index in [2.05, 4.69) is 10.2 Å². The van der Waals surface area contributed by atoms with Gasteiger partial charge >= 0.3 is 17.5 Å². The van der Waals surface area contributed by atoms with Gasteiger partial charge in [0.05, 0.1) is 16.9 Å². The number of nitrogens with zero attached hydrogens (tertiary/aromatic N) is 6. The summed E-state index contributed by atoms with van der Waals surface area (Å²) in [6.07, 6.45) is 1.07. The summed E-state index contributed by atoms with van der Waals surface area (Å²) in [6, 6.07) is 0. The predicted octanol–water partition coefficient (Wildman–Crippen LogP) is 0.628. The van der Waals surface area contributed by atoms with Crippen molar-refractivity contribution in [3.05, 3.63) is 42.1 Å². The van der Waals surface area contributed by atoms with Crippen LogP contribution in [0.25, 0.3) is 5.69 Å². The normalized spacial score (nSPS) is 10.4. The third kappa shape index (κ3) is 1.92. The number of nitro groups is 3. The molecule has 2 aromatic rings. The van der Waals surface area contributed by atoms with Crippen LogP contribution in [-0.4, -0.2) is 34.7 Å². The maximum Gasteiger partial charge on any atom is 0.448 e. The Hall–Kier alpha value is -3.38. The highest BCUT2D eigenvalue weighted by atomic mass is 16.6. The molecule has 2 heterocycles. The molecule has 0 aliphatic carbocycles. The van der Waals surface area contributed by atoms with Crippen molar-refractivity contribution in [2.75, 3.05) is 0 Å². The Bertz CT molecular complexity index is 699. The fraction of sp³-hybridized carbons (Fsp3) is 0.143. The van der Waals surface area contributed by atoms with Gasteiger partial charge in [-0.2, -0.15) is 0 Å². The molecule has 0 radical (unpaired) electrons. The number of aromatic amines is 1. The van der Waals surface area contributed by atoms with Crippen LogP contribution < -0.4 is 0 Å². The molecule has 0 amide bonds. The molecule has 13 heteroatoms. The largest absolute Gasteiger partial charge is 0.448 e. The van der Waals surface area contributed by atoms with E-state index < -0.39 is 37.9 Å². The molecular weight excluding hydrogens is 278 g/mol. The maximum absolute atomic E-state index is 10.8. The Kier molecular flexibility index (Phi) is 2.86. The summed E-state index contributed by atoms with van der Waals surface area (Å²) in [5.74, 6) is -2.20. The second-order valence-electron chi connectivity index (χ2n) is 3.60. The average molecular weight is 283 g/mol. The molecule has 0 aliphatic heterocycles. The van der Waals surface area contributed by atoms with Crippen LogP contribution in [0.3, 0.4) is 0 Å². The third-order valence-electron chi connectivity index (χ3n) is 2.33. The Morgan fingerprint density at radius 1 is 1.10 bits per heavy atom. The van der Waals surface area contributed by atoms with E-state index in [-0.39, 0.29) is 5.56 Å². The van der Waals surface area contributed by atoms with Crippen molar-refractivity contribution in [3.63, 3.8) is 0 Å². The molecule has 0 bridgehead atoms. The molecule has 0 aromatic carbocycles. The van der Waals surface area contributed by atoms with Gasteiger partial charge in [0.15, 0.2) is 0 Å². The molecule has 20 heavy (non-hydrogen) atoms. The van der Waals surface area contributed by atoms with Crippen LogP contribution >= 0.6 is 0 Å². The number of aryl methyl sites for hydroxylation is 1. The quantitative estimate of drug-likeness (QED) is 0.626. The topological polar surface area (TPSA) is 176 Å². The van der Waals surface area contributed by atoms with Crippen LogP contribution in [0, 0.1) is 37.3 Å². The van der Waals surface area contributed by atoms with Crippen LogP contribution in [0.4, 0.5) is 17.5 Å². The van der Waals surface area contributed by atoms with Crippen molar-refractivity contribution in [2.24, 2.45) is 0 Å². The average Bonchev–Trinajstić information content (AvgIpc) is 2.91. The van der Waals surface area contributed by atoms with Crippen LogP contribution in [-0.2, 0) is 0 Å². The zero-order valence-corrected chi connectivity index (χ0v) is 9.71. The fourth-order valence-corrected chi connectivity index (χ4v) is 1.53. The van der Waals surface area contributed by atoms with Gasteiger partial charge in [-0.15, -0.1) is 4.68 Å². The summed E-state index contributed by atoms with van der Waals surface area (Å²) in [6.45, 7) is 1.35. The van der Waals surface area contributed by atoms with E-state index in [1.54, 1.807) is 0 Å². The summed E-state index contributed by atoms with van der Waals surface area (Å²) >= 11 is 0. The maximum atomic E-state index is 10.8. The number of nitrogens with one attached hydrogen (secondary N) is 1. The van der Waals surface area contributed by atoms with Gasteiger partial charge in [0.1, 0.15) is 5.10 Å². The lowest BCUT2D eigenvalue weighted by Crippen LogP contribution is -2.02. The lowest BCUT2D eigenvalue weighted by Gasteiger charge is -1.93. The molecule has 0 saturated heterocycles. The van der Waals surface area contributed by atoms with E-state index in [9.17, 15) is 30.3 Å². The SMILES string of the molecule is Cc1cn(-c2c([N+](=O)[O-])n[nH]c2[N+](=O)[O-])nc1[N+](=O)[O-]. The first-order valence-corrected chi connectivity index (χ1v) is 4.91. The third-order valence-corrected chi connectivity index (χ3v) is 2.33. The first-order valence-electron chi connectivity index (χ1n) is 4.91. The molecule has 0 unspecified atom stereocenters. The fourth-order valence-electron chi connectivity index (χ4n) is 1.53. The smallest absolute Gasteiger partial charge is 0.358 e. The molecule has 2 aromatic heterocycles. The van der Waals surface area contributed by atoms with Gasteiger partial charge < -0.3 is 30.3 Å². The van der Waals surface area contributed by atoms with E-state index in [0.717, 1.165) is 6.20 Å². The minimum Gasteiger partial charge on any atom is -0.358 e. The molecule has 2 rings (SSSR count). The Balaban J connectivity index is 2.70. The van der Waals surface area contributed by atoms with Crippen molar-refractivity contribution in [3.8, 4) is 5.69 Å². The highest BCUT2D eigenvalue weighted by Gasteiger charge is 2.36. The molecule has 0 atom stereocenters. The van der Waals surface area contributed by atoms with Crippen LogP contribution in [0.5, 0.6) is 0 Å². The van der Waals surface area contributed by atoms with Gasteiger partial charge in [0.25, 0.3) is 5.69 Å². The summed E-state index contributed by atoms with van der Waals surface area (Å²) in [7, 11) is 0. The van der Waals surface area contributed by atoms with Crippen molar-refractivity contribution in [1.82, 2.24) is 20.0 Å². The molecule has 0 saturated carbocycles. The molecule has 1 N–H and O–H groups in total. The lowest BCUT2D eigenvalue weighted by molar-refractivity contribution is -0.394. The number of aromatic nitrogens is 4. The van der Waals surface area contributed by atoms with E-state index in [1.807, 2.05) is 5.10 Å². The Labute approximate surface area is 108 Å². The molecule has 0 spiro atoms. The van der Waals surface area contributed by atoms with Gasteiger partial charge in [-0.1, -0.05) is 0 Å². The first-order chi connectivity index (χ1) is 9.32. The summed E-state index contributed by atoms with van der Waals surface area (Å²) in [5.41, 5.74) is -0.476. The van der Waals surface area contributed by atoms with Crippen LogP contribution in [0.15, 0.2) is 6.20 Å². The lowest BCUT2D eigenvalue weighted by atomic mass is 10.4. The van der Waals surface area contributed by atoms with Crippen LogP contribution in [0.2, 0.25) is 0 Å². The monoisotopic (exact) mass is 283 g/mol. The Morgan fingerprint density at radius 2 is 1.70 bits per heavy atom. The standard InChI is InChI=1S/C7H5N7O6/c1-3-2-11(10-5(3)12(15)16)4-6(13(17)18)8-9-7(4)14(19)20/h2H,1H3,(H,8,9). The summed E-state index contributed by atoms with van der Waals surface area (Å²) < 4.78 is 0.688. The zero-order valence-electron chi connectivity index (χ0n) is 9.71. The van der Waals surface area contributed by atoms with E-state index in [1.165, 1.54) is 6.92 Å². The number of hydrogen-bond donors (Lipinski definition) is 1. The highest BCUT2D eigenvalue weighted by molar-refractivity contribution is 5.58. The molecular formula is C7H5N7O6. The van der Waals surface area contributed by atoms with E-state index >= 15 is 0 Å². The van der Waals surface area contributed by atoms with Crippen molar-refractivity contribution in [2.45, 2.75) is 6.92 Å². The van der Waals surface area contributed by atoms with E-state index in [0.29, 0.717) is 4.68 Å². The van der Waals surface area contributed by atoms with Gasteiger partial charge in [0, 0.05) is 0 Å². The summed E-state index contributed by atoms with van der Waals surface area (Å²) in [4.78, 5) is 29.6.